The zero-order chi connectivity index (χ0) is 16.8. The van der Waals surface area contributed by atoms with Crippen LogP contribution in [0.4, 0.5) is 5.69 Å². The van der Waals surface area contributed by atoms with Gasteiger partial charge in [-0.1, -0.05) is 6.07 Å². The molecule has 1 atom stereocenters. The minimum absolute atomic E-state index is 0.181. The van der Waals surface area contributed by atoms with Gasteiger partial charge >= 0.3 is 5.97 Å². The molecule has 1 unspecified atom stereocenters. The Kier molecular flexibility index (Phi) is 5.48. The largest absolute Gasteiger partial charge is 0.425 e. The van der Waals surface area contributed by atoms with Gasteiger partial charge in [-0.05, 0) is 42.6 Å². The van der Waals surface area contributed by atoms with E-state index >= 15 is 0 Å². The number of hydrogen-bond donors (Lipinski definition) is 2. The minimum Gasteiger partial charge on any atom is -0.425 e. The molecule has 0 saturated heterocycles. The van der Waals surface area contributed by atoms with Gasteiger partial charge in [0.25, 0.3) is 5.91 Å². The monoisotopic (exact) mass is 332 g/mol. The van der Waals surface area contributed by atoms with E-state index in [2.05, 4.69) is 10.6 Å². The molecule has 7 heteroatoms. The second-order valence-electron chi connectivity index (χ2n) is 4.80. The second kappa shape index (κ2) is 7.55. The molecule has 0 bridgehead atoms. The Morgan fingerprint density at radius 3 is 2.39 bits per heavy atom. The maximum atomic E-state index is 12.0. The number of anilines is 1. The standard InChI is InChI=1S/C16H16N2O4S/c1-10(17-15(20)14-4-3-9-23-14)16(21)22-13-7-5-12(6-8-13)18-11(2)19/h3-10H,1-2H3,(H,17,20)(H,18,19). The average Bonchev–Trinajstić information content (AvgIpc) is 3.03. The zero-order valence-corrected chi connectivity index (χ0v) is 13.5. The van der Waals surface area contributed by atoms with Crippen molar-refractivity contribution >= 4 is 34.8 Å². The summed E-state index contributed by atoms with van der Waals surface area (Å²) in [6.45, 7) is 2.96. The van der Waals surface area contributed by atoms with Gasteiger partial charge in [0.2, 0.25) is 5.91 Å². The molecule has 1 aromatic heterocycles. The molecule has 2 aromatic rings. The van der Waals surface area contributed by atoms with Crippen molar-refractivity contribution < 1.29 is 19.1 Å². The Labute approximate surface area is 137 Å². The van der Waals surface area contributed by atoms with Crippen molar-refractivity contribution in [2.75, 3.05) is 5.32 Å². The summed E-state index contributed by atoms with van der Waals surface area (Å²) in [6, 6.07) is 9.05. The molecule has 0 aliphatic rings. The van der Waals surface area contributed by atoms with Crippen molar-refractivity contribution in [1.82, 2.24) is 5.32 Å². The molecule has 0 aliphatic heterocycles. The molecule has 23 heavy (non-hydrogen) atoms. The van der Waals surface area contributed by atoms with Gasteiger partial charge in [-0.3, -0.25) is 9.59 Å². The van der Waals surface area contributed by atoms with Crippen molar-refractivity contribution in [3.05, 3.63) is 46.7 Å². The fourth-order valence-electron chi connectivity index (χ4n) is 1.75. The topological polar surface area (TPSA) is 84.5 Å². The summed E-state index contributed by atoms with van der Waals surface area (Å²) in [5.41, 5.74) is 0.608. The molecule has 0 fully saturated rings. The summed E-state index contributed by atoms with van der Waals surface area (Å²) in [5, 5.41) is 6.98. The summed E-state index contributed by atoms with van der Waals surface area (Å²) in [6.07, 6.45) is 0. The number of carbonyl (C=O) groups is 3. The lowest BCUT2D eigenvalue weighted by Crippen LogP contribution is -2.40. The Balaban J connectivity index is 1.90. The first-order chi connectivity index (χ1) is 11.0. The Bertz CT molecular complexity index is 695. The first-order valence-corrected chi connectivity index (χ1v) is 7.77. The predicted octanol–water partition coefficient (Wildman–Crippen LogP) is 2.43. The molecule has 1 heterocycles. The van der Waals surface area contributed by atoms with Crippen molar-refractivity contribution in [2.45, 2.75) is 19.9 Å². The number of thiophene rings is 1. The van der Waals surface area contributed by atoms with E-state index in [9.17, 15) is 14.4 Å². The van der Waals surface area contributed by atoms with E-state index < -0.39 is 12.0 Å². The van der Waals surface area contributed by atoms with Gasteiger partial charge in [-0.2, -0.15) is 0 Å². The lowest BCUT2D eigenvalue weighted by Gasteiger charge is -2.13. The molecule has 0 aliphatic carbocycles. The van der Waals surface area contributed by atoms with Gasteiger partial charge in [-0.15, -0.1) is 11.3 Å². The summed E-state index contributed by atoms with van der Waals surface area (Å²) < 4.78 is 5.19. The lowest BCUT2D eigenvalue weighted by molar-refractivity contribution is -0.136. The van der Waals surface area contributed by atoms with E-state index in [1.807, 2.05) is 0 Å². The molecule has 2 amide bonds. The molecule has 0 radical (unpaired) electrons. The van der Waals surface area contributed by atoms with E-state index in [0.717, 1.165) is 0 Å². The van der Waals surface area contributed by atoms with Gasteiger partial charge in [0.1, 0.15) is 11.8 Å². The highest BCUT2D eigenvalue weighted by Gasteiger charge is 2.19. The van der Waals surface area contributed by atoms with Crippen molar-refractivity contribution in [2.24, 2.45) is 0 Å². The van der Waals surface area contributed by atoms with Crippen LogP contribution in [0.1, 0.15) is 23.5 Å². The molecular formula is C16H16N2O4S. The van der Waals surface area contributed by atoms with Crippen LogP contribution >= 0.6 is 11.3 Å². The summed E-state index contributed by atoms with van der Waals surface area (Å²) in [4.78, 5) is 35.3. The first kappa shape index (κ1) is 16.7. The van der Waals surface area contributed by atoms with Crippen LogP contribution in [0.3, 0.4) is 0 Å². The fourth-order valence-corrected chi connectivity index (χ4v) is 2.38. The van der Waals surface area contributed by atoms with Crippen LogP contribution in [0.25, 0.3) is 0 Å². The third-order valence-corrected chi connectivity index (χ3v) is 3.71. The minimum atomic E-state index is -0.778. The van der Waals surface area contributed by atoms with Crippen LogP contribution in [0, 0.1) is 0 Å². The van der Waals surface area contributed by atoms with Crippen LogP contribution in [-0.4, -0.2) is 23.8 Å². The molecule has 1 aromatic carbocycles. The molecule has 2 N–H and O–H groups in total. The number of benzene rings is 1. The highest BCUT2D eigenvalue weighted by molar-refractivity contribution is 7.12. The van der Waals surface area contributed by atoms with Crippen molar-refractivity contribution in [3.63, 3.8) is 0 Å². The zero-order valence-electron chi connectivity index (χ0n) is 12.7. The van der Waals surface area contributed by atoms with E-state index in [4.69, 9.17) is 4.74 Å². The third kappa shape index (κ3) is 4.93. The quantitative estimate of drug-likeness (QED) is 0.650. The Morgan fingerprint density at radius 1 is 1.13 bits per heavy atom. The maximum absolute atomic E-state index is 12.0. The maximum Gasteiger partial charge on any atom is 0.333 e. The second-order valence-corrected chi connectivity index (χ2v) is 5.75. The Hall–Kier alpha value is -2.67. The number of ether oxygens (including phenoxy) is 1. The number of rotatable bonds is 5. The van der Waals surface area contributed by atoms with Crippen LogP contribution in [0.5, 0.6) is 5.75 Å². The predicted molar refractivity (Wildman–Crippen MR) is 87.6 cm³/mol. The van der Waals surface area contributed by atoms with Crippen LogP contribution in [-0.2, 0) is 9.59 Å². The van der Waals surface area contributed by atoms with Gasteiger partial charge in [0.15, 0.2) is 0 Å². The number of hydrogen-bond acceptors (Lipinski definition) is 5. The van der Waals surface area contributed by atoms with E-state index in [-0.39, 0.29) is 11.8 Å². The van der Waals surface area contributed by atoms with Crippen LogP contribution < -0.4 is 15.4 Å². The van der Waals surface area contributed by atoms with Gasteiger partial charge in [0, 0.05) is 12.6 Å². The molecule has 0 spiro atoms. The van der Waals surface area contributed by atoms with Gasteiger partial charge in [0.05, 0.1) is 4.88 Å². The van der Waals surface area contributed by atoms with Crippen molar-refractivity contribution in [3.8, 4) is 5.75 Å². The third-order valence-electron chi connectivity index (χ3n) is 2.84. The van der Waals surface area contributed by atoms with E-state index in [1.165, 1.54) is 18.3 Å². The number of amides is 2. The average molecular weight is 332 g/mol. The summed E-state index contributed by atoms with van der Waals surface area (Å²) in [5.74, 6) is -0.728. The van der Waals surface area contributed by atoms with Gasteiger partial charge in [-0.25, -0.2) is 4.79 Å². The molecule has 2 rings (SSSR count). The highest BCUT2D eigenvalue weighted by atomic mass is 32.1. The van der Waals surface area contributed by atoms with E-state index in [0.29, 0.717) is 16.3 Å². The first-order valence-electron chi connectivity index (χ1n) is 6.89. The molecule has 6 nitrogen and oxygen atoms in total. The smallest absolute Gasteiger partial charge is 0.333 e. The fraction of sp³-hybridized carbons (Fsp3) is 0.188. The van der Waals surface area contributed by atoms with Crippen LogP contribution in [0.2, 0.25) is 0 Å². The number of carbonyl (C=O) groups excluding carboxylic acids is 3. The SMILES string of the molecule is CC(=O)Nc1ccc(OC(=O)C(C)NC(=O)c2cccs2)cc1. The summed E-state index contributed by atoms with van der Waals surface area (Å²) >= 11 is 1.30. The molecule has 0 saturated carbocycles. The molecular weight excluding hydrogens is 316 g/mol. The van der Waals surface area contributed by atoms with Gasteiger partial charge < -0.3 is 15.4 Å². The number of esters is 1. The lowest BCUT2D eigenvalue weighted by atomic mass is 10.3. The Morgan fingerprint density at radius 2 is 1.83 bits per heavy atom. The van der Waals surface area contributed by atoms with Crippen LogP contribution in [0.15, 0.2) is 41.8 Å². The molecule has 120 valence electrons. The number of nitrogens with one attached hydrogen (secondary N) is 2. The van der Waals surface area contributed by atoms with Crippen molar-refractivity contribution in [1.29, 1.82) is 0 Å². The normalized spacial score (nSPS) is 11.4. The summed E-state index contributed by atoms with van der Waals surface area (Å²) in [7, 11) is 0. The van der Waals surface area contributed by atoms with E-state index in [1.54, 1.807) is 48.7 Å². The highest BCUT2D eigenvalue weighted by Crippen LogP contribution is 2.16.